The van der Waals surface area contributed by atoms with Gasteiger partial charge in [0.05, 0.1) is 17.8 Å². The number of nitrogens with one attached hydrogen (secondary N) is 2. The maximum atomic E-state index is 13.9. The van der Waals surface area contributed by atoms with Crippen molar-refractivity contribution in [2.45, 2.75) is 12.7 Å². The third kappa shape index (κ3) is 8.16. The number of hydrogen-bond donors (Lipinski definition) is 2. The molecular formula is C22H13F8N3O4S. The van der Waals surface area contributed by atoms with Gasteiger partial charge in [-0.1, -0.05) is 6.07 Å². The van der Waals surface area contributed by atoms with Gasteiger partial charge in [0, 0.05) is 5.69 Å². The van der Waals surface area contributed by atoms with Gasteiger partial charge in [0.25, 0.3) is 5.91 Å². The van der Waals surface area contributed by atoms with Gasteiger partial charge in [-0.2, -0.15) is 0 Å². The van der Waals surface area contributed by atoms with Crippen LogP contribution in [0.1, 0.15) is 10.4 Å². The third-order valence-corrected chi connectivity index (χ3v) is 5.13. The second-order valence-corrected chi connectivity index (χ2v) is 7.71. The van der Waals surface area contributed by atoms with Crippen molar-refractivity contribution in [3.8, 4) is 11.5 Å². The first kappa shape index (κ1) is 28.4. The predicted molar refractivity (Wildman–Crippen MR) is 119 cm³/mol. The van der Waals surface area contributed by atoms with Crippen LogP contribution in [0.25, 0.3) is 0 Å². The van der Waals surface area contributed by atoms with Crippen LogP contribution >= 0.6 is 12.1 Å². The quantitative estimate of drug-likeness (QED) is 0.242. The molecule has 0 saturated heterocycles. The summed E-state index contributed by atoms with van der Waals surface area (Å²) in [6.07, 6.45) is -9.92. The van der Waals surface area contributed by atoms with E-state index in [9.17, 15) is 44.7 Å². The molecule has 0 fully saturated rings. The summed E-state index contributed by atoms with van der Waals surface area (Å²) in [4.78, 5) is 25.2. The van der Waals surface area contributed by atoms with Gasteiger partial charge in [0.15, 0.2) is 0 Å². The van der Waals surface area contributed by atoms with Crippen LogP contribution in [0.15, 0.2) is 66.7 Å². The van der Waals surface area contributed by atoms with Gasteiger partial charge in [-0.05, 0) is 60.7 Å². The molecule has 38 heavy (non-hydrogen) atoms. The summed E-state index contributed by atoms with van der Waals surface area (Å²) >= 11 is 0.425. The summed E-state index contributed by atoms with van der Waals surface area (Å²) in [5, 5.41) is 1.75. The van der Waals surface area contributed by atoms with E-state index in [1.54, 1.807) is 5.32 Å². The molecule has 0 atom stereocenters. The number of imide groups is 1. The Kier molecular flexibility index (Phi) is 8.55. The first-order valence-electron chi connectivity index (χ1n) is 9.96. The van der Waals surface area contributed by atoms with Crippen LogP contribution in [0.3, 0.4) is 0 Å². The first-order chi connectivity index (χ1) is 17.7. The number of ether oxygens (including phenoxy) is 2. The summed E-state index contributed by atoms with van der Waals surface area (Å²) in [5.74, 6) is -5.16. The highest BCUT2D eigenvalue weighted by Gasteiger charge is 2.32. The second-order valence-electron chi connectivity index (χ2n) is 6.96. The SMILES string of the molecule is O=C(NC(=O)N(SNc1ccc(OC(F)(F)F)cc1)c1ccc(OC(F)(F)F)cc1)c1c(F)cccc1F. The molecule has 0 saturated carbocycles. The summed E-state index contributed by atoms with van der Waals surface area (Å²) in [7, 11) is 0. The minimum Gasteiger partial charge on any atom is -0.406 e. The smallest absolute Gasteiger partial charge is 0.406 e. The zero-order chi connectivity index (χ0) is 28.1. The lowest BCUT2D eigenvalue weighted by Crippen LogP contribution is -2.40. The van der Waals surface area contributed by atoms with Crippen LogP contribution in [0, 0.1) is 11.6 Å². The number of rotatable bonds is 7. The van der Waals surface area contributed by atoms with Crippen LogP contribution in [-0.2, 0) is 0 Å². The molecule has 0 unspecified atom stereocenters. The minimum atomic E-state index is -4.99. The molecule has 0 spiro atoms. The van der Waals surface area contributed by atoms with Gasteiger partial charge in [-0.25, -0.2) is 17.9 Å². The van der Waals surface area contributed by atoms with Crippen molar-refractivity contribution in [3.05, 3.63) is 83.9 Å². The topological polar surface area (TPSA) is 79.9 Å². The standard InChI is InChI=1S/C22H13F8N3O4S/c23-16-2-1-3-17(24)18(16)19(34)31-20(35)33(13-6-10-15(11-7-13)37-22(28,29)30)38-32-12-4-8-14(9-5-12)36-21(25,26)27/h1-11,32H,(H,31,34,35). The van der Waals surface area contributed by atoms with Crippen molar-refractivity contribution in [2.24, 2.45) is 0 Å². The van der Waals surface area contributed by atoms with Crippen molar-refractivity contribution in [1.29, 1.82) is 0 Å². The predicted octanol–water partition coefficient (Wildman–Crippen LogP) is 6.79. The first-order valence-corrected chi connectivity index (χ1v) is 10.7. The van der Waals surface area contributed by atoms with Crippen molar-refractivity contribution in [1.82, 2.24) is 5.32 Å². The molecule has 3 amide bonds. The lowest BCUT2D eigenvalue weighted by molar-refractivity contribution is -0.275. The molecule has 0 aliphatic heterocycles. The van der Waals surface area contributed by atoms with E-state index in [1.807, 2.05) is 0 Å². The molecule has 0 aliphatic carbocycles. The van der Waals surface area contributed by atoms with E-state index < -0.39 is 53.4 Å². The number of amides is 3. The Bertz CT molecular complexity index is 1270. The largest absolute Gasteiger partial charge is 0.573 e. The molecule has 3 aromatic carbocycles. The van der Waals surface area contributed by atoms with Crippen molar-refractivity contribution in [2.75, 3.05) is 9.03 Å². The van der Waals surface area contributed by atoms with E-state index in [1.165, 1.54) is 0 Å². The van der Waals surface area contributed by atoms with Gasteiger partial charge in [0.1, 0.15) is 28.7 Å². The van der Waals surface area contributed by atoms with E-state index in [2.05, 4.69) is 14.2 Å². The Morgan fingerprint density at radius 1 is 0.737 bits per heavy atom. The van der Waals surface area contributed by atoms with Gasteiger partial charge >= 0.3 is 18.8 Å². The summed E-state index contributed by atoms with van der Waals surface area (Å²) in [5.41, 5.74) is -1.06. The zero-order valence-corrected chi connectivity index (χ0v) is 19.2. The molecule has 0 aliphatic rings. The number of anilines is 2. The van der Waals surface area contributed by atoms with Crippen molar-refractivity contribution < 1.29 is 54.2 Å². The lowest BCUT2D eigenvalue weighted by atomic mass is 10.2. The zero-order valence-electron chi connectivity index (χ0n) is 18.4. The molecule has 3 aromatic rings. The molecule has 202 valence electrons. The van der Waals surface area contributed by atoms with Crippen LogP contribution < -0.4 is 23.8 Å². The molecule has 0 bridgehead atoms. The van der Waals surface area contributed by atoms with Gasteiger partial charge in [-0.3, -0.25) is 10.1 Å². The molecule has 7 nitrogen and oxygen atoms in total. The molecule has 0 radical (unpaired) electrons. The number of nitrogens with zero attached hydrogens (tertiary/aromatic N) is 1. The van der Waals surface area contributed by atoms with Crippen LogP contribution in [0.2, 0.25) is 0 Å². The number of urea groups is 1. The van der Waals surface area contributed by atoms with E-state index in [4.69, 9.17) is 0 Å². The molecular weight excluding hydrogens is 554 g/mol. The minimum absolute atomic E-state index is 0.130. The highest BCUT2D eigenvalue weighted by atomic mass is 32.2. The van der Waals surface area contributed by atoms with Gasteiger partial charge in [0.2, 0.25) is 0 Å². The van der Waals surface area contributed by atoms with E-state index in [0.29, 0.717) is 16.4 Å². The second kappa shape index (κ2) is 11.5. The Morgan fingerprint density at radius 3 is 1.68 bits per heavy atom. The highest BCUT2D eigenvalue weighted by Crippen LogP contribution is 2.30. The maximum Gasteiger partial charge on any atom is 0.573 e. The molecule has 3 rings (SSSR count). The van der Waals surface area contributed by atoms with Crippen molar-refractivity contribution in [3.63, 3.8) is 0 Å². The number of benzene rings is 3. The summed E-state index contributed by atoms with van der Waals surface area (Å²) in [6.45, 7) is 0. The van der Waals surface area contributed by atoms with Crippen LogP contribution in [-0.4, -0.2) is 24.7 Å². The van der Waals surface area contributed by atoms with Gasteiger partial charge in [-0.15, -0.1) is 26.3 Å². The molecule has 0 heterocycles. The Labute approximate surface area is 212 Å². The average molecular weight is 567 g/mol. The third-order valence-electron chi connectivity index (χ3n) is 4.24. The Hall–Kier alpha value is -4.21. The number of carbonyl (C=O) groups is 2. The fourth-order valence-electron chi connectivity index (χ4n) is 2.74. The van der Waals surface area contributed by atoms with Crippen LogP contribution in [0.4, 0.5) is 51.3 Å². The molecule has 2 N–H and O–H groups in total. The fourth-order valence-corrected chi connectivity index (χ4v) is 3.43. The normalized spacial score (nSPS) is 11.5. The van der Waals surface area contributed by atoms with E-state index in [0.717, 1.165) is 66.7 Å². The number of alkyl halides is 6. The van der Waals surface area contributed by atoms with Crippen LogP contribution in [0.5, 0.6) is 11.5 Å². The van der Waals surface area contributed by atoms with E-state index >= 15 is 0 Å². The Morgan fingerprint density at radius 2 is 1.21 bits per heavy atom. The van der Waals surface area contributed by atoms with E-state index in [-0.39, 0.29) is 11.4 Å². The molecule has 16 heteroatoms. The average Bonchev–Trinajstić information content (AvgIpc) is 2.79. The number of carbonyl (C=O) groups excluding carboxylic acids is 2. The van der Waals surface area contributed by atoms with Gasteiger partial charge < -0.3 is 14.2 Å². The maximum absolute atomic E-state index is 13.9. The summed E-state index contributed by atoms with van der Waals surface area (Å²) in [6, 6.07) is 9.17. The summed E-state index contributed by atoms with van der Waals surface area (Å²) < 4.78 is 113. The Balaban J connectivity index is 1.81. The molecule has 0 aromatic heterocycles. The fraction of sp³-hybridized carbons (Fsp3) is 0.0909. The highest BCUT2D eigenvalue weighted by molar-refractivity contribution is 8.02. The monoisotopic (exact) mass is 567 g/mol. The van der Waals surface area contributed by atoms with Crippen molar-refractivity contribution >= 4 is 35.4 Å². The lowest BCUT2D eigenvalue weighted by Gasteiger charge is -2.22. The number of halogens is 8. The number of hydrogen-bond acceptors (Lipinski definition) is 6.